The maximum Gasteiger partial charge on any atom is 0.203 e. The zero-order valence-corrected chi connectivity index (χ0v) is 10.9. The number of ether oxygens (including phenoxy) is 2. The Morgan fingerprint density at radius 2 is 2.18 bits per heavy atom. The number of hydrogen-bond donors (Lipinski definition) is 0. The molecule has 5 atom stereocenters. The van der Waals surface area contributed by atoms with Gasteiger partial charge in [0, 0.05) is 6.42 Å². The molecule has 0 bridgehead atoms. The average molecular weight is 234 g/mol. The lowest BCUT2D eigenvalue weighted by Gasteiger charge is -2.50. The van der Waals surface area contributed by atoms with Crippen molar-refractivity contribution in [3.05, 3.63) is 12.2 Å². The minimum absolute atomic E-state index is 0.0934. The van der Waals surface area contributed by atoms with E-state index in [4.69, 9.17) is 9.47 Å². The third-order valence-electron chi connectivity index (χ3n) is 6.36. The van der Waals surface area contributed by atoms with Crippen molar-refractivity contribution in [1.29, 1.82) is 0 Å². The fraction of sp³-hybridized carbons (Fsp3) is 0.867. The Kier molecular flexibility index (Phi) is 1.74. The third-order valence-corrected chi connectivity index (χ3v) is 6.36. The maximum atomic E-state index is 6.08. The van der Waals surface area contributed by atoms with Gasteiger partial charge >= 0.3 is 0 Å². The number of hydrogen-bond acceptors (Lipinski definition) is 2. The van der Waals surface area contributed by atoms with E-state index in [0.29, 0.717) is 5.41 Å². The van der Waals surface area contributed by atoms with Crippen molar-refractivity contribution >= 4 is 0 Å². The number of fused-ring (bicyclic) bond motifs is 1. The zero-order valence-electron chi connectivity index (χ0n) is 10.9. The molecule has 0 unspecified atom stereocenters. The van der Waals surface area contributed by atoms with E-state index in [0.717, 1.165) is 31.3 Å². The largest absolute Gasteiger partial charge is 0.342 e. The highest BCUT2D eigenvalue weighted by molar-refractivity contribution is 5.37. The smallest absolute Gasteiger partial charge is 0.203 e. The van der Waals surface area contributed by atoms with Gasteiger partial charge in [-0.15, -0.1) is 0 Å². The highest BCUT2D eigenvalue weighted by Gasteiger charge is 2.81. The molecule has 2 nitrogen and oxygen atoms in total. The Bertz CT molecular complexity index is 404. The fourth-order valence-electron chi connectivity index (χ4n) is 4.87. The predicted molar refractivity (Wildman–Crippen MR) is 65.5 cm³/mol. The summed E-state index contributed by atoms with van der Waals surface area (Å²) >= 11 is 0. The molecule has 4 fully saturated rings. The molecule has 94 valence electrons. The summed E-state index contributed by atoms with van der Waals surface area (Å²) in [6.07, 6.45) is 6.37. The maximum absolute atomic E-state index is 6.08. The first-order valence-electron chi connectivity index (χ1n) is 7.05. The predicted octanol–water partition coefficient (Wildman–Crippen LogP) is 3.27. The minimum atomic E-state index is -0.245. The van der Waals surface area contributed by atoms with E-state index in [1.54, 1.807) is 0 Å². The molecule has 2 saturated carbocycles. The van der Waals surface area contributed by atoms with E-state index in [1.165, 1.54) is 24.8 Å². The second kappa shape index (κ2) is 2.80. The summed E-state index contributed by atoms with van der Waals surface area (Å²) in [7, 11) is 0. The van der Waals surface area contributed by atoms with Crippen molar-refractivity contribution in [3.63, 3.8) is 0 Å². The van der Waals surface area contributed by atoms with Gasteiger partial charge in [0.25, 0.3) is 0 Å². The molecule has 0 aromatic heterocycles. The molecule has 0 aromatic rings. The van der Waals surface area contributed by atoms with E-state index in [2.05, 4.69) is 20.4 Å². The first kappa shape index (κ1) is 10.6. The lowest BCUT2D eigenvalue weighted by atomic mass is 9.53. The van der Waals surface area contributed by atoms with Crippen LogP contribution in [0.1, 0.15) is 46.0 Å². The van der Waals surface area contributed by atoms with E-state index in [1.807, 2.05) is 0 Å². The minimum Gasteiger partial charge on any atom is -0.342 e. The summed E-state index contributed by atoms with van der Waals surface area (Å²) in [6, 6.07) is 0. The molecule has 2 saturated heterocycles. The number of rotatable bonds is 0. The summed E-state index contributed by atoms with van der Waals surface area (Å²) < 4.78 is 12.0. The molecule has 0 aromatic carbocycles. The van der Waals surface area contributed by atoms with Gasteiger partial charge in [0.1, 0.15) is 5.60 Å². The SMILES string of the molecule is C=C1CO[C@@]23C[C@H]4CCC[C@H](C)[C@@]4(C)C[C@@]12O3. The number of epoxide rings is 1. The Morgan fingerprint density at radius 3 is 3.00 bits per heavy atom. The summed E-state index contributed by atoms with van der Waals surface area (Å²) in [4.78, 5) is 0. The van der Waals surface area contributed by atoms with Gasteiger partial charge in [-0.2, -0.15) is 0 Å². The molecule has 17 heavy (non-hydrogen) atoms. The van der Waals surface area contributed by atoms with Crippen molar-refractivity contribution in [2.45, 2.75) is 57.3 Å². The van der Waals surface area contributed by atoms with E-state index in [-0.39, 0.29) is 11.4 Å². The Labute approximate surface area is 103 Å². The van der Waals surface area contributed by atoms with Crippen LogP contribution in [0.2, 0.25) is 0 Å². The summed E-state index contributed by atoms with van der Waals surface area (Å²) in [5, 5.41) is 0. The normalized spacial score (nSPS) is 60.5. The van der Waals surface area contributed by atoms with Gasteiger partial charge in [0.15, 0.2) is 0 Å². The molecule has 0 radical (unpaired) electrons. The second-order valence-electron chi connectivity index (χ2n) is 6.99. The lowest BCUT2D eigenvalue weighted by molar-refractivity contribution is -0.0776. The Hall–Kier alpha value is -0.340. The van der Waals surface area contributed by atoms with Crippen molar-refractivity contribution < 1.29 is 9.47 Å². The Morgan fingerprint density at radius 1 is 1.35 bits per heavy atom. The van der Waals surface area contributed by atoms with Gasteiger partial charge in [0.2, 0.25) is 5.79 Å². The van der Waals surface area contributed by atoms with Crippen molar-refractivity contribution in [2.24, 2.45) is 17.3 Å². The summed E-state index contributed by atoms with van der Waals surface area (Å²) in [6.45, 7) is 9.82. The van der Waals surface area contributed by atoms with Crippen LogP contribution in [0.5, 0.6) is 0 Å². The van der Waals surface area contributed by atoms with Gasteiger partial charge in [-0.3, -0.25) is 0 Å². The molecular weight excluding hydrogens is 212 g/mol. The monoisotopic (exact) mass is 234 g/mol. The highest BCUT2D eigenvalue weighted by atomic mass is 16.8. The van der Waals surface area contributed by atoms with Crippen LogP contribution in [-0.4, -0.2) is 18.0 Å². The van der Waals surface area contributed by atoms with Gasteiger partial charge in [-0.1, -0.05) is 33.3 Å². The van der Waals surface area contributed by atoms with Crippen LogP contribution in [0.15, 0.2) is 12.2 Å². The second-order valence-corrected chi connectivity index (χ2v) is 6.99. The van der Waals surface area contributed by atoms with Crippen LogP contribution < -0.4 is 0 Å². The molecular formula is C15H22O2. The van der Waals surface area contributed by atoms with Crippen molar-refractivity contribution in [1.82, 2.24) is 0 Å². The van der Waals surface area contributed by atoms with Crippen LogP contribution in [0.25, 0.3) is 0 Å². The molecule has 4 rings (SSSR count). The first-order valence-corrected chi connectivity index (χ1v) is 7.05. The highest BCUT2D eigenvalue weighted by Crippen LogP contribution is 2.72. The zero-order chi connectivity index (χ0) is 11.9. The average Bonchev–Trinajstić information content (AvgIpc) is 2.86. The quantitative estimate of drug-likeness (QED) is 0.474. The fourth-order valence-corrected chi connectivity index (χ4v) is 4.87. The molecule has 2 heteroatoms. The topological polar surface area (TPSA) is 21.8 Å². The van der Waals surface area contributed by atoms with Gasteiger partial charge in [-0.25, -0.2) is 0 Å². The molecule has 4 aliphatic rings. The van der Waals surface area contributed by atoms with Crippen LogP contribution in [0, 0.1) is 17.3 Å². The molecule has 2 heterocycles. The van der Waals surface area contributed by atoms with Gasteiger partial charge < -0.3 is 9.47 Å². The summed E-state index contributed by atoms with van der Waals surface area (Å²) in [5.74, 6) is 1.35. The molecule has 2 aliphatic heterocycles. The lowest BCUT2D eigenvalue weighted by Crippen LogP contribution is -2.48. The molecule has 0 spiro atoms. The molecule has 0 N–H and O–H groups in total. The molecule has 2 aliphatic carbocycles. The third kappa shape index (κ3) is 1.01. The van der Waals surface area contributed by atoms with Crippen LogP contribution in [0.4, 0.5) is 0 Å². The van der Waals surface area contributed by atoms with E-state index >= 15 is 0 Å². The van der Waals surface area contributed by atoms with Gasteiger partial charge in [-0.05, 0) is 35.7 Å². The standard InChI is InChI=1S/C15H22O2/c1-10-5-4-6-12-7-15-14(17-15,9-13(10,12)3)11(2)8-16-15/h10,12H,2,4-9H2,1,3H3/t10-,12+,13+,14+,15+/m0/s1. The van der Waals surface area contributed by atoms with Crippen LogP contribution in [0.3, 0.4) is 0 Å². The first-order chi connectivity index (χ1) is 8.03. The Balaban J connectivity index is 1.74. The summed E-state index contributed by atoms with van der Waals surface area (Å²) in [5.41, 5.74) is 1.54. The molecule has 0 amide bonds. The van der Waals surface area contributed by atoms with Gasteiger partial charge in [0.05, 0.1) is 6.61 Å². The van der Waals surface area contributed by atoms with Crippen molar-refractivity contribution in [3.8, 4) is 0 Å². The van der Waals surface area contributed by atoms with E-state index in [9.17, 15) is 0 Å². The van der Waals surface area contributed by atoms with Crippen molar-refractivity contribution in [2.75, 3.05) is 6.61 Å². The van der Waals surface area contributed by atoms with Crippen LogP contribution in [-0.2, 0) is 9.47 Å². The van der Waals surface area contributed by atoms with Crippen LogP contribution >= 0.6 is 0 Å². The van der Waals surface area contributed by atoms with E-state index < -0.39 is 0 Å².